The third kappa shape index (κ3) is 0.418. The van der Waals surface area contributed by atoms with Crippen LogP contribution in [0.3, 0.4) is 0 Å². The van der Waals surface area contributed by atoms with E-state index in [1.54, 1.807) is 0 Å². The van der Waals surface area contributed by atoms with E-state index < -0.39 is 23.7 Å². The molecule has 0 aromatic rings. The van der Waals surface area contributed by atoms with Crippen molar-refractivity contribution in [2.75, 3.05) is 6.61 Å². The van der Waals surface area contributed by atoms with Gasteiger partial charge < -0.3 is 4.74 Å². The van der Waals surface area contributed by atoms with Crippen molar-refractivity contribution in [3.8, 4) is 0 Å². The van der Waals surface area contributed by atoms with Crippen LogP contribution < -0.4 is 0 Å². The molecule has 2 atom stereocenters. The first-order valence-corrected chi connectivity index (χ1v) is 2.68. The van der Waals surface area contributed by atoms with Gasteiger partial charge in [0.15, 0.2) is 0 Å². The molecular formula is C5H4F2O2. The molecule has 2 fully saturated rings. The topological polar surface area (TPSA) is 26.3 Å². The van der Waals surface area contributed by atoms with E-state index in [-0.39, 0.29) is 6.61 Å². The molecule has 1 aliphatic carbocycles. The van der Waals surface area contributed by atoms with Crippen LogP contribution in [-0.4, -0.2) is 18.5 Å². The first-order valence-electron chi connectivity index (χ1n) is 2.68. The molecule has 0 aromatic heterocycles. The van der Waals surface area contributed by atoms with Gasteiger partial charge in [0.05, 0.1) is 5.92 Å². The summed E-state index contributed by atoms with van der Waals surface area (Å²) in [6.45, 7) is -0.0868. The number of alkyl halides is 2. The maximum atomic E-state index is 12.2. The third-order valence-corrected chi connectivity index (χ3v) is 1.86. The lowest BCUT2D eigenvalue weighted by Gasteiger charge is -1.99. The van der Waals surface area contributed by atoms with Crippen molar-refractivity contribution >= 4 is 5.97 Å². The molecule has 4 heteroatoms. The summed E-state index contributed by atoms with van der Waals surface area (Å²) < 4.78 is 28.7. The van der Waals surface area contributed by atoms with E-state index in [4.69, 9.17) is 0 Å². The van der Waals surface area contributed by atoms with Gasteiger partial charge in [0.1, 0.15) is 12.5 Å². The van der Waals surface area contributed by atoms with E-state index in [0.717, 1.165) is 0 Å². The van der Waals surface area contributed by atoms with Crippen molar-refractivity contribution in [3.63, 3.8) is 0 Å². The number of rotatable bonds is 0. The number of carbonyl (C=O) groups excluding carboxylic acids is 1. The molecule has 0 N–H and O–H groups in total. The summed E-state index contributed by atoms with van der Waals surface area (Å²) in [5, 5.41) is 0. The Labute approximate surface area is 49.8 Å². The lowest BCUT2D eigenvalue weighted by Crippen LogP contribution is -2.12. The van der Waals surface area contributed by atoms with E-state index in [9.17, 15) is 13.6 Å². The molecule has 50 valence electrons. The minimum Gasteiger partial charge on any atom is -0.465 e. The molecule has 2 nitrogen and oxygen atoms in total. The Morgan fingerprint density at radius 2 is 2.33 bits per heavy atom. The number of hydrogen-bond donors (Lipinski definition) is 0. The Hall–Kier alpha value is -0.670. The molecule has 0 spiro atoms. The third-order valence-electron chi connectivity index (χ3n) is 1.86. The van der Waals surface area contributed by atoms with Crippen molar-refractivity contribution in [1.29, 1.82) is 0 Å². The number of cyclic esters (lactones) is 1. The monoisotopic (exact) mass is 134 g/mol. The highest BCUT2D eigenvalue weighted by molar-refractivity contribution is 5.80. The Morgan fingerprint density at radius 1 is 1.67 bits per heavy atom. The first-order chi connectivity index (χ1) is 4.14. The number of carbonyl (C=O) groups is 1. The molecule has 0 amide bonds. The summed E-state index contributed by atoms with van der Waals surface area (Å²) in [7, 11) is 0. The van der Waals surface area contributed by atoms with E-state index in [0.29, 0.717) is 0 Å². The maximum Gasteiger partial charge on any atom is 0.315 e. The van der Waals surface area contributed by atoms with E-state index in [1.165, 1.54) is 0 Å². The fourth-order valence-corrected chi connectivity index (χ4v) is 1.18. The van der Waals surface area contributed by atoms with Gasteiger partial charge in [-0.15, -0.1) is 0 Å². The maximum absolute atomic E-state index is 12.2. The predicted molar refractivity (Wildman–Crippen MR) is 22.9 cm³/mol. The minimum atomic E-state index is -2.74. The summed E-state index contributed by atoms with van der Waals surface area (Å²) in [6, 6.07) is 0. The molecule has 0 radical (unpaired) electrons. The SMILES string of the molecule is O=C1OC[C@@H]2[C@H]1C2(F)F. The average Bonchev–Trinajstić information content (AvgIpc) is 2.19. The van der Waals surface area contributed by atoms with Crippen LogP contribution in [-0.2, 0) is 9.53 Å². The van der Waals surface area contributed by atoms with Gasteiger partial charge in [-0.2, -0.15) is 0 Å². The Kier molecular flexibility index (Phi) is 0.629. The number of ether oxygens (including phenoxy) is 1. The summed E-state index contributed by atoms with van der Waals surface area (Å²) in [4.78, 5) is 10.3. The van der Waals surface area contributed by atoms with E-state index >= 15 is 0 Å². The zero-order chi connectivity index (χ0) is 6.65. The van der Waals surface area contributed by atoms with E-state index in [1.807, 2.05) is 0 Å². The van der Waals surface area contributed by atoms with Crippen molar-refractivity contribution in [3.05, 3.63) is 0 Å². The normalized spacial score (nSPS) is 44.0. The van der Waals surface area contributed by atoms with Gasteiger partial charge in [-0.3, -0.25) is 4.79 Å². The van der Waals surface area contributed by atoms with Gasteiger partial charge >= 0.3 is 5.97 Å². The molecule has 0 bridgehead atoms. The number of hydrogen-bond acceptors (Lipinski definition) is 2. The predicted octanol–water partition coefficient (Wildman–Crippen LogP) is 0.425. The molecule has 2 rings (SSSR count). The molecule has 1 saturated carbocycles. The first kappa shape index (κ1) is 5.14. The highest BCUT2D eigenvalue weighted by Gasteiger charge is 2.76. The molecule has 0 aromatic carbocycles. The van der Waals surface area contributed by atoms with Crippen LogP contribution in [0.1, 0.15) is 0 Å². The lowest BCUT2D eigenvalue weighted by atomic mass is 10.4. The second-order valence-electron chi connectivity index (χ2n) is 2.39. The van der Waals surface area contributed by atoms with Crippen molar-refractivity contribution in [2.45, 2.75) is 5.92 Å². The minimum absolute atomic E-state index is 0.0868. The lowest BCUT2D eigenvalue weighted by molar-refractivity contribution is -0.146. The van der Waals surface area contributed by atoms with Gasteiger partial charge in [0.2, 0.25) is 0 Å². The van der Waals surface area contributed by atoms with E-state index in [2.05, 4.69) is 4.74 Å². The standard InChI is InChI=1S/C5H4F2O2/c6-5(7)2-1-9-4(8)3(2)5/h2-3H,1H2/t2-,3-/m1/s1. The van der Waals surface area contributed by atoms with Gasteiger partial charge in [-0.1, -0.05) is 0 Å². The van der Waals surface area contributed by atoms with Gasteiger partial charge in [-0.25, -0.2) is 8.78 Å². The highest BCUT2D eigenvalue weighted by Crippen LogP contribution is 2.58. The Bertz CT molecular complexity index is 178. The van der Waals surface area contributed by atoms with Crippen molar-refractivity contribution in [1.82, 2.24) is 0 Å². The van der Waals surface area contributed by atoms with Gasteiger partial charge in [0.25, 0.3) is 5.92 Å². The number of halogens is 2. The van der Waals surface area contributed by atoms with Crippen LogP contribution in [0.25, 0.3) is 0 Å². The number of esters is 1. The zero-order valence-corrected chi connectivity index (χ0v) is 4.43. The largest absolute Gasteiger partial charge is 0.465 e. The fourth-order valence-electron chi connectivity index (χ4n) is 1.18. The van der Waals surface area contributed by atoms with Crippen molar-refractivity contribution < 1.29 is 18.3 Å². The van der Waals surface area contributed by atoms with Crippen LogP contribution in [0.5, 0.6) is 0 Å². The highest BCUT2D eigenvalue weighted by atomic mass is 19.3. The molecule has 1 aliphatic heterocycles. The molecule has 9 heavy (non-hydrogen) atoms. The van der Waals surface area contributed by atoms with Crippen LogP contribution in [0.2, 0.25) is 0 Å². The van der Waals surface area contributed by atoms with Crippen molar-refractivity contribution in [2.24, 2.45) is 11.8 Å². The average molecular weight is 134 g/mol. The number of fused-ring (bicyclic) bond motifs is 1. The van der Waals surface area contributed by atoms with Crippen LogP contribution in [0.15, 0.2) is 0 Å². The van der Waals surface area contributed by atoms with Gasteiger partial charge in [-0.05, 0) is 0 Å². The molecular weight excluding hydrogens is 130 g/mol. The smallest absolute Gasteiger partial charge is 0.315 e. The summed E-state index contributed by atoms with van der Waals surface area (Å²) >= 11 is 0. The van der Waals surface area contributed by atoms with Crippen LogP contribution in [0.4, 0.5) is 8.78 Å². The molecule has 0 unspecified atom stereocenters. The zero-order valence-electron chi connectivity index (χ0n) is 4.43. The van der Waals surface area contributed by atoms with Crippen LogP contribution in [0, 0.1) is 11.8 Å². The second-order valence-corrected chi connectivity index (χ2v) is 2.39. The summed E-state index contributed by atoms with van der Waals surface area (Å²) in [5.41, 5.74) is 0. The quantitative estimate of drug-likeness (QED) is 0.449. The van der Waals surface area contributed by atoms with Crippen LogP contribution >= 0.6 is 0 Å². The fraction of sp³-hybridized carbons (Fsp3) is 0.800. The molecule has 2 aliphatic rings. The summed E-state index contributed by atoms with van der Waals surface area (Å²) in [5.74, 6) is -5.37. The van der Waals surface area contributed by atoms with Gasteiger partial charge in [0, 0.05) is 0 Å². The Morgan fingerprint density at radius 3 is 2.56 bits per heavy atom. The Balaban J connectivity index is 2.23. The summed E-state index contributed by atoms with van der Waals surface area (Å²) in [6.07, 6.45) is 0. The molecule has 1 heterocycles. The molecule has 1 saturated heterocycles. The second kappa shape index (κ2) is 1.10.